The Morgan fingerprint density at radius 3 is 2.28 bits per heavy atom. The van der Waals surface area contributed by atoms with Gasteiger partial charge in [0.25, 0.3) is 0 Å². The van der Waals surface area contributed by atoms with E-state index in [9.17, 15) is 21.6 Å². The molecule has 1 heterocycles. The maximum Gasteiger partial charge on any atom is 0.416 e. The monoisotopic (exact) mass is 446 g/mol. The zero-order chi connectivity index (χ0) is 21.7. The van der Waals surface area contributed by atoms with E-state index in [1.807, 2.05) is 0 Å². The molecule has 3 nitrogen and oxygen atoms in total. The largest absolute Gasteiger partial charge is 0.416 e. The van der Waals surface area contributed by atoms with Gasteiger partial charge in [0, 0.05) is 5.02 Å². The number of rotatable bonds is 3. The van der Waals surface area contributed by atoms with Crippen molar-refractivity contribution in [2.75, 3.05) is 0 Å². The molecule has 0 aromatic heterocycles. The van der Waals surface area contributed by atoms with E-state index in [0.29, 0.717) is 11.1 Å². The van der Waals surface area contributed by atoms with Crippen molar-refractivity contribution in [3.05, 3.63) is 64.7 Å². The lowest BCUT2D eigenvalue weighted by atomic mass is 9.84. The summed E-state index contributed by atoms with van der Waals surface area (Å²) in [6.07, 6.45) is -4.87. The maximum atomic E-state index is 13.5. The molecule has 2 aromatic rings. The lowest BCUT2D eigenvalue weighted by molar-refractivity contribution is -0.137. The van der Waals surface area contributed by atoms with Gasteiger partial charge in [-0.2, -0.15) is 13.2 Å². The number of alkyl halides is 3. The lowest BCUT2D eigenvalue weighted by Gasteiger charge is -2.46. The summed E-state index contributed by atoms with van der Waals surface area (Å²) in [6, 6.07) is 10.8. The molecule has 0 N–H and O–H groups in total. The second-order valence-corrected chi connectivity index (χ2v) is 11.2. The summed E-state index contributed by atoms with van der Waals surface area (Å²) < 4.78 is 71.1. The third kappa shape index (κ3) is 4.47. The van der Waals surface area contributed by atoms with Crippen LogP contribution in [0.4, 0.5) is 13.2 Å². The van der Waals surface area contributed by atoms with Crippen LogP contribution < -0.4 is 0 Å². The topological polar surface area (TPSA) is 43.4 Å². The molecule has 0 spiro atoms. The third-order valence-corrected chi connectivity index (χ3v) is 7.98. The quantitative estimate of drug-likeness (QED) is 0.562. The lowest BCUT2D eigenvalue weighted by Crippen LogP contribution is -2.49. The highest BCUT2D eigenvalue weighted by Gasteiger charge is 2.51. The molecule has 1 aliphatic rings. The van der Waals surface area contributed by atoms with Gasteiger partial charge in [0.05, 0.1) is 26.9 Å². The van der Waals surface area contributed by atoms with Gasteiger partial charge in [-0.15, -0.1) is 0 Å². The fraction of sp³-hybridized carbons (Fsp3) is 0.429. The molecule has 29 heavy (non-hydrogen) atoms. The molecule has 0 bridgehead atoms. The molecular weight excluding hydrogens is 425 g/mol. The molecule has 2 unspecified atom stereocenters. The summed E-state index contributed by atoms with van der Waals surface area (Å²) in [5.74, 6) is 0. The minimum Gasteiger partial charge on any atom is -0.368 e. The molecule has 8 heteroatoms. The summed E-state index contributed by atoms with van der Waals surface area (Å²) in [6.45, 7) is 5.15. The fourth-order valence-corrected chi connectivity index (χ4v) is 6.17. The van der Waals surface area contributed by atoms with Crippen LogP contribution in [0.15, 0.2) is 53.4 Å². The first-order valence-corrected chi connectivity index (χ1v) is 10.9. The summed E-state index contributed by atoms with van der Waals surface area (Å²) in [7, 11) is -4.07. The third-order valence-electron chi connectivity index (χ3n) is 5.24. The van der Waals surface area contributed by atoms with Gasteiger partial charge in [-0.05, 0) is 69.5 Å². The Bertz CT molecular complexity index is 1000. The predicted octanol–water partition coefficient (Wildman–Crippen LogP) is 6.22. The van der Waals surface area contributed by atoms with Crippen molar-refractivity contribution in [1.29, 1.82) is 0 Å². The van der Waals surface area contributed by atoms with E-state index in [2.05, 4.69) is 0 Å². The van der Waals surface area contributed by atoms with Crippen molar-refractivity contribution in [2.45, 2.75) is 61.1 Å². The van der Waals surface area contributed by atoms with E-state index in [1.54, 1.807) is 45.0 Å². The summed E-state index contributed by atoms with van der Waals surface area (Å²) in [4.78, 5) is -0.331. The van der Waals surface area contributed by atoms with Crippen molar-refractivity contribution in [2.24, 2.45) is 0 Å². The molecule has 1 aliphatic heterocycles. The number of benzene rings is 2. The van der Waals surface area contributed by atoms with Crippen LogP contribution in [0, 0.1) is 0 Å². The molecule has 158 valence electrons. The molecule has 1 fully saturated rings. The second-order valence-electron chi connectivity index (χ2n) is 8.28. The van der Waals surface area contributed by atoms with E-state index in [4.69, 9.17) is 16.3 Å². The van der Waals surface area contributed by atoms with Gasteiger partial charge in [0.2, 0.25) is 0 Å². The smallest absolute Gasteiger partial charge is 0.368 e. The van der Waals surface area contributed by atoms with Gasteiger partial charge < -0.3 is 4.74 Å². The highest BCUT2D eigenvalue weighted by Crippen LogP contribution is 2.48. The van der Waals surface area contributed by atoms with Crippen molar-refractivity contribution in [1.82, 2.24) is 0 Å². The Hall–Kier alpha value is -1.57. The summed E-state index contributed by atoms with van der Waals surface area (Å²) in [5.41, 5.74) is -0.998. The molecule has 1 saturated heterocycles. The van der Waals surface area contributed by atoms with Crippen LogP contribution in [0.2, 0.25) is 5.02 Å². The normalized spacial score (nSPS) is 25.0. The van der Waals surface area contributed by atoms with Gasteiger partial charge in [0.1, 0.15) is 0 Å². The SMILES string of the molecule is CC1(C)CC(C)(S(=O)(=O)c2cccc(C(F)(F)F)c2)CC(c2ccc(Cl)cc2)O1. The highest BCUT2D eigenvalue weighted by molar-refractivity contribution is 7.92. The molecule has 2 atom stereocenters. The van der Waals surface area contributed by atoms with Gasteiger partial charge in [-0.3, -0.25) is 0 Å². The molecule has 0 amide bonds. The van der Waals surface area contributed by atoms with Gasteiger partial charge in [-0.25, -0.2) is 8.42 Å². The molecule has 0 radical (unpaired) electrons. The van der Waals surface area contributed by atoms with E-state index in [-0.39, 0.29) is 17.7 Å². The Kier molecular flexibility index (Phi) is 5.56. The highest BCUT2D eigenvalue weighted by atomic mass is 35.5. The van der Waals surface area contributed by atoms with E-state index < -0.39 is 38.0 Å². The molecule has 2 aromatic carbocycles. The molecule has 3 rings (SSSR count). The first-order chi connectivity index (χ1) is 13.2. The van der Waals surface area contributed by atoms with Crippen LogP contribution in [-0.2, 0) is 20.8 Å². The summed E-state index contributed by atoms with van der Waals surface area (Å²) in [5, 5.41) is 0.545. The van der Waals surface area contributed by atoms with Crippen LogP contribution in [0.1, 0.15) is 50.8 Å². The van der Waals surface area contributed by atoms with Crippen LogP contribution in [-0.4, -0.2) is 18.8 Å². The van der Waals surface area contributed by atoms with Crippen molar-refractivity contribution >= 4 is 21.4 Å². The number of sulfone groups is 1. The number of halogens is 4. The zero-order valence-electron chi connectivity index (χ0n) is 16.3. The summed E-state index contributed by atoms with van der Waals surface area (Å²) >= 11 is 5.94. The first kappa shape index (κ1) is 22.1. The fourth-order valence-electron chi connectivity index (χ4n) is 4.03. The molecule has 0 aliphatic carbocycles. The van der Waals surface area contributed by atoms with Crippen molar-refractivity contribution < 1.29 is 26.3 Å². The second kappa shape index (κ2) is 7.29. The van der Waals surface area contributed by atoms with Crippen LogP contribution >= 0.6 is 11.6 Å². The number of ether oxygens (including phenoxy) is 1. The molecule has 0 saturated carbocycles. The Morgan fingerprint density at radius 1 is 1.07 bits per heavy atom. The van der Waals surface area contributed by atoms with E-state index in [1.165, 1.54) is 6.07 Å². The van der Waals surface area contributed by atoms with Crippen molar-refractivity contribution in [3.8, 4) is 0 Å². The Morgan fingerprint density at radius 2 is 1.69 bits per heavy atom. The number of hydrogen-bond acceptors (Lipinski definition) is 3. The van der Waals surface area contributed by atoms with E-state index in [0.717, 1.165) is 17.7 Å². The maximum absolute atomic E-state index is 13.5. The minimum atomic E-state index is -4.62. The standard InChI is InChI=1S/C21H22ClF3O3S/c1-19(2)13-20(3,12-18(28-19)14-7-9-16(22)10-8-14)29(26,27)17-6-4-5-15(11-17)21(23,24)25/h4-11,18H,12-13H2,1-3H3. The average molecular weight is 447 g/mol. The number of hydrogen-bond donors (Lipinski definition) is 0. The zero-order valence-corrected chi connectivity index (χ0v) is 17.8. The van der Waals surface area contributed by atoms with Gasteiger partial charge >= 0.3 is 6.18 Å². The molecular formula is C21H22ClF3O3S. The van der Waals surface area contributed by atoms with Crippen LogP contribution in [0.3, 0.4) is 0 Å². The first-order valence-electron chi connectivity index (χ1n) is 9.09. The Balaban J connectivity index is 2.04. The van der Waals surface area contributed by atoms with Crippen LogP contribution in [0.25, 0.3) is 0 Å². The minimum absolute atomic E-state index is 0.122. The van der Waals surface area contributed by atoms with E-state index >= 15 is 0 Å². The average Bonchev–Trinajstić information content (AvgIpc) is 2.60. The van der Waals surface area contributed by atoms with Crippen molar-refractivity contribution in [3.63, 3.8) is 0 Å². The predicted molar refractivity (Wildman–Crippen MR) is 106 cm³/mol. The Labute approximate surface area is 173 Å². The van der Waals surface area contributed by atoms with Crippen LogP contribution in [0.5, 0.6) is 0 Å². The van der Waals surface area contributed by atoms with Gasteiger partial charge in [0.15, 0.2) is 9.84 Å². The van der Waals surface area contributed by atoms with Gasteiger partial charge in [-0.1, -0.05) is 29.8 Å².